The van der Waals surface area contributed by atoms with Gasteiger partial charge < -0.3 is 4.90 Å². The first kappa shape index (κ1) is 20.9. The molecule has 2 aliphatic rings. The van der Waals surface area contributed by atoms with E-state index in [4.69, 9.17) is 4.98 Å². The summed E-state index contributed by atoms with van der Waals surface area (Å²) in [5.74, 6) is 1.02. The maximum atomic E-state index is 5.46. The zero-order valence-electron chi connectivity index (χ0n) is 21.1. The summed E-state index contributed by atoms with van der Waals surface area (Å²) in [4.78, 5) is 7.89. The van der Waals surface area contributed by atoms with Gasteiger partial charge >= 0.3 is 0 Å². The van der Waals surface area contributed by atoms with Gasteiger partial charge in [-0.2, -0.15) is 0 Å². The molecule has 0 N–H and O–H groups in total. The van der Waals surface area contributed by atoms with Gasteiger partial charge in [0.15, 0.2) is 0 Å². The lowest BCUT2D eigenvalue weighted by molar-refractivity contribution is 1.09. The second kappa shape index (κ2) is 7.72. The lowest BCUT2D eigenvalue weighted by Crippen LogP contribution is -2.60. The van der Waals surface area contributed by atoms with Crippen molar-refractivity contribution in [3.63, 3.8) is 0 Å². The molecule has 7 aromatic rings. The molecule has 39 heavy (non-hydrogen) atoms. The fourth-order valence-corrected chi connectivity index (χ4v) is 6.81. The van der Waals surface area contributed by atoms with E-state index in [-0.39, 0.29) is 6.71 Å². The fourth-order valence-electron chi connectivity index (χ4n) is 6.81. The number of fused-ring (bicyclic) bond motifs is 7. The first-order valence-corrected chi connectivity index (χ1v) is 13.5. The maximum absolute atomic E-state index is 5.46. The lowest BCUT2D eigenvalue weighted by atomic mass is 9.34. The van der Waals surface area contributed by atoms with Crippen LogP contribution in [-0.4, -0.2) is 16.3 Å². The van der Waals surface area contributed by atoms with Crippen molar-refractivity contribution >= 4 is 62.0 Å². The van der Waals surface area contributed by atoms with Crippen LogP contribution in [0.5, 0.6) is 0 Å². The zero-order chi connectivity index (χ0) is 25.5. The lowest BCUT2D eigenvalue weighted by Gasteiger charge is -2.40. The highest BCUT2D eigenvalue weighted by molar-refractivity contribution is 7.00. The summed E-state index contributed by atoms with van der Waals surface area (Å²) >= 11 is 0. The number of nitrogens with zero attached hydrogens (tertiary/aromatic N) is 3. The molecule has 2 aromatic heterocycles. The van der Waals surface area contributed by atoms with Gasteiger partial charge in [-0.3, -0.25) is 4.57 Å². The summed E-state index contributed by atoms with van der Waals surface area (Å²) in [5.41, 5.74) is 12.0. The highest BCUT2D eigenvalue weighted by Gasteiger charge is 2.42. The molecule has 4 heteroatoms. The molecule has 3 nitrogen and oxygen atoms in total. The van der Waals surface area contributed by atoms with Crippen LogP contribution in [0.2, 0.25) is 0 Å². The Morgan fingerprint density at radius 3 is 2.13 bits per heavy atom. The molecule has 180 valence electrons. The topological polar surface area (TPSA) is 21.1 Å². The molecular formula is C35H22BN3. The summed E-state index contributed by atoms with van der Waals surface area (Å²) in [6, 6.07) is 48.0. The fraction of sp³-hybridized carbons (Fsp3) is 0. The third kappa shape index (κ3) is 2.75. The number of para-hydroxylation sites is 4. The van der Waals surface area contributed by atoms with Crippen molar-refractivity contribution in [2.75, 3.05) is 4.90 Å². The summed E-state index contributed by atoms with van der Waals surface area (Å²) < 4.78 is 2.42. The Morgan fingerprint density at radius 2 is 1.26 bits per heavy atom. The minimum atomic E-state index is 0.101. The molecule has 5 aromatic carbocycles. The van der Waals surface area contributed by atoms with Gasteiger partial charge in [-0.15, -0.1) is 0 Å². The van der Waals surface area contributed by atoms with Crippen LogP contribution >= 0.6 is 0 Å². The van der Waals surface area contributed by atoms with Gasteiger partial charge in [-0.25, -0.2) is 4.98 Å². The standard InChI is InChI=1S/C35H22BN3/c1-3-12-23(13-4-1)29-22-32-33-35(37-29)39-30-20-9-7-16-25(30)26-17-11-19-28(34(26)39)36(33)27-18-8-10-21-31(27)38(32)24-14-5-2-6-15-24/h1-22H. The van der Waals surface area contributed by atoms with Crippen LogP contribution in [0.15, 0.2) is 133 Å². The first-order valence-electron chi connectivity index (χ1n) is 13.5. The maximum Gasteiger partial charge on any atom is 0.254 e. The molecule has 0 spiro atoms. The van der Waals surface area contributed by atoms with E-state index in [1.807, 2.05) is 0 Å². The van der Waals surface area contributed by atoms with E-state index in [1.165, 1.54) is 49.6 Å². The molecule has 0 fully saturated rings. The van der Waals surface area contributed by atoms with Crippen molar-refractivity contribution in [2.45, 2.75) is 0 Å². The summed E-state index contributed by atoms with van der Waals surface area (Å²) in [6.07, 6.45) is 0. The number of rotatable bonds is 2. The van der Waals surface area contributed by atoms with Gasteiger partial charge in [0.1, 0.15) is 5.82 Å². The van der Waals surface area contributed by atoms with Gasteiger partial charge in [-0.1, -0.05) is 103 Å². The van der Waals surface area contributed by atoms with Crippen LogP contribution < -0.4 is 21.3 Å². The molecule has 2 aliphatic heterocycles. The number of anilines is 3. The van der Waals surface area contributed by atoms with Gasteiger partial charge in [0.2, 0.25) is 0 Å². The van der Waals surface area contributed by atoms with Gasteiger partial charge in [0.05, 0.1) is 16.7 Å². The van der Waals surface area contributed by atoms with E-state index < -0.39 is 0 Å². The average Bonchev–Trinajstić information content (AvgIpc) is 3.35. The molecule has 0 bridgehead atoms. The minimum absolute atomic E-state index is 0.101. The Morgan fingerprint density at radius 1 is 0.564 bits per heavy atom. The largest absolute Gasteiger partial charge is 0.311 e. The van der Waals surface area contributed by atoms with Crippen LogP contribution in [0.25, 0.3) is 38.9 Å². The Kier molecular flexibility index (Phi) is 4.14. The second-order valence-electron chi connectivity index (χ2n) is 10.4. The van der Waals surface area contributed by atoms with Crippen molar-refractivity contribution < 1.29 is 0 Å². The number of aromatic nitrogens is 2. The highest BCUT2D eigenvalue weighted by atomic mass is 15.2. The average molecular weight is 495 g/mol. The van der Waals surface area contributed by atoms with Gasteiger partial charge in [-0.05, 0) is 46.7 Å². The van der Waals surface area contributed by atoms with Crippen LogP contribution in [0.1, 0.15) is 0 Å². The molecular weight excluding hydrogens is 473 g/mol. The van der Waals surface area contributed by atoms with E-state index >= 15 is 0 Å². The second-order valence-corrected chi connectivity index (χ2v) is 10.4. The molecule has 0 saturated heterocycles. The van der Waals surface area contributed by atoms with Crippen LogP contribution in [-0.2, 0) is 0 Å². The zero-order valence-corrected chi connectivity index (χ0v) is 21.1. The summed E-state index contributed by atoms with van der Waals surface area (Å²) in [7, 11) is 0. The van der Waals surface area contributed by atoms with Crippen LogP contribution in [0.3, 0.4) is 0 Å². The predicted molar refractivity (Wildman–Crippen MR) is 163 cm³/mol. The molecule has 0 atom stereocenters. The van der Waals surface area contributed by atoms with Gasteiger partial charge in [0, 0.05) is 33.4 Å². The van der Waals surface area contributed by atoms with E-state index in [0.29, 0.717) is 0 Å². The van der Waals surface area contributed by atoms with E-state index in [0.717, 1.165) is 22.8 Å². The number of benzene rings is 5. The molecule has 9 rings (SSSR count). The minimum Gasteiger partial charge on any atom is -0.311 e. The van der Waals surface area contributed by atoms with E-state index in [1.54, 1.807) is 0 Å². The van der Waals surface area contributed by atoms with Crippen molar-refractivity contribution in [3.05, 3.63) is 133 Å². The third-order valence-corrected chi connectivity index (χ3v) is 8.37. The van der Waals surface area contributed by atoms with E-state index in [9.17, 15) is 0 Å². The first-order chi connectivity index (χ1) is 19.4. The molecule has 0 amide bonds. The Bertz CT molecular complexity index is 2080. The number of hydrogen-bond acceptors (Lipinski definition) is 2. The van der Waals surface area contributed by atoms with Crippen molar-refractivity contribution in [1.82, 2.24) is 9.55 Å². The van der Waals surface area contributed by atoms with Crippen molar-refractivity contribution in [1.29, 1.82) is 0 Å². The normalized spacial score (nSPS) is 13.0. The van der Waals surface area contributed by atoms with Crippen molar-refractivity contribution in [3.8, 4) is 17.1 Å². The van der Waals surface area contributed by atoms with Gasteiger partial charge in [0.25, 0.3) is 6.71 Å². The number of hydrogen-bond donors (Lipinski definition) is 0. The van der Waals surface area contributed by atoms with Crippen molar-refractivity contribution in [2.24, 2.45) is 0 Å². The Balaban J connectivity index is 1.50. The Hall–Kier alpha value is -5.09. The predicted octanol–water partition coefficient (Wildman–Crippen LogP) is 6.46. The van der Waals surface area contributed by atoms with Crippen LogP contribution in [0.4, 0.5) is 17.1 Å². The van der Waals surface area contributed by atoms with E-state index in [2.05, 4.69) is 143 Å². The molecule has 0 aliphatic carbocycles. The quantitative estimate of drug-likeness (QED) is 0.257. The molecule has 0 unspecified atom stereocenters. The SMILES string of the molecule is c1ccc(-c2cc3c4c(n2)-n2c5ccccc5c5cccc(c52)B4c2ccccc2N3c2ccccc2)cc1. The summed E-state index contributed by atoms with van der Waals surface area (Å²) in [5, 5.41) is 2.55. The van der Waals surface area contributed by atoms with Crippen LogP contribution in [0, 0.1) is 0 Å². The highest BCUT2D eigenvalue weighted by Crippen LogP contribution is 2.41. The third-order valence-electron chi connectivity index (χ3n) is 8.37. The Labute approximate surface area is 226 Å². The molecule has 0 radical (unpaired) electrons. The summed E-state index contributed by atoms with van der Waals surface area (Å²) in [6.45, 7) is 0.101. The monoisotopic (exact) mass is 495 g/mol. The smallest absolute Gasteiger partial charge is 0.254 e. The molecule has 0 saturated carbocycles. The molecule has 4 heterocycles. The number of pyridine rings is 1.